The van der Waals surface area contributed by atoms with Gasteiger partial charge < -0.3 is 18.9 Å². The third kappa shape index (κ3) is 6.63. The summed E-state index contributed by atoms with van der Waals surface area (Å²) in [4.78, 5) is 22.3. The van der Waals surface area contributed by atoms with E-state index in [9.17, 15) is 35.9 Å². The number of ether oxygens (including phenoxy) is 4. The van der Waals surface area contributed by atoms with Crippen molar-refractivity contribution in [2.45, 2.75) is 17.8 Å². The van der Waals surface area contributed by atoms with Crippen LogP contribution >= 0.6 is 0 Å². The van der Waals surface area contributed by atoms with Gasteiger partial charge in [0, 0.05) is 23.3 Å². The van der Waals surface area contributed by atoms with Crippen LogP contribution in [0.2, 0.25) is 0 Å². The van der Waals surface area contributed by atoms with E-state index < -0.39 is 78.8 Å². The number of hydrogen-bond donors (Lipinski definition) is 0. The molecule has 0 atom stereocenters. The average molecular weight is 532 g/mol. The van der Waals surface area contributed by atoms with Gasteiger partial charge in [0.25, 0.3) is 0 Å². The van der Waals surface area contributed by atoms with Gasteiger partial charge >= 0.3 is 24.3 Å². The Hall–Kier alpha value is -3.96. The molecular formula is C25H22F6O6. The van der Waals surface area contributed by atoms with Gasteiger partial charge in [0.05, 0.1) is 0 Å². The molecule has 37 heavy (non-hydrogen) atoms. The first-order chi connectivity index (χ1) is 17.4. The highest BCUT2D eigenvalue weighted by Crippen LogP contribution is 2.59. The quantitative estimate of drug-likeness (QED) is 0.160. The Balaban J connectivity index is 2.61. The summed E-state index contributed by atoms with van der Waals surface area (Å²) in [7, 11) is 0. The molecule has 0 heterocycles. The van der Waals surface area contributed by atoms with E-state index >= 15 is 0 Å². The Bertz CT molecular complexity index is 1020. The largest absolute Gasteiger partial charge is 0.490 e. The highest BCUT2D eigenvalue weighted by Gasteiger charge is 2.74. The number of halogens is 6. The third-order valence-corrected chi connectivity index (χ3v) is 4.94. The van der Waals surface area contributed by atoms with E-state index in [1.807, 2.05) is 0 Å². The van der Waals surface area contributed by atoms with Crippen molar-refractivity contribution >= 4 is 11.9 Å². The molecule has 0 saturated carbocycles. The summed E-state index contributed by atoms with van der Waals surface area (Å²) >= 11 is 0. The summed E-state index contributed by atoms with van der Waals surface area (Å²) in [6, 6.07) is 7.58. The van der Waals surface area contributed by atoms with E-state index in [2.05, 4.69) is 22.6 Å². The fraction of sp³-hybridized carbons (Fsp3) is 0.280. The molecule has 2 rings (SSSR count). The second-order valence-electron chi connectivity index (χ2n) is 7.18. The number of para-hydroxylation sites is 2. The molecule has 0 radical (unpaired) electrons. The molecule has 0 bridgehead atoms. The van der Waals surface area contributed by atoms with E-state index in [-0.39, 0.29) is 0 Å². The summed E-state index contributed by atoms with van der Waals surface area (Å²) in [6.07, 6.45) is -10.2. The lowest BCUT2D eigenvalue weighted by Crippen LogP contribution is -2.55. The lowest BCUT2D eigenvalue weighted by Gasteiger charge is -2.39. The highest BCUT2D eigenvalue weighted by molar-refractivity contribution is 5.81. The third-order valence-electron chi connectivity index (χ3n) is 4.94. The molecule has 0 N–H and O–H groups in total. The van der Waals surface area contributed by atoms with Gasteiger partial charge in [-0.2, -0.15) is 26.3 Å². The van der Waals surface area contributed by atoms with Gasteiger partial charge in [0.2, 0.25) is 5.41 Å². The number of benzene rings is 2. The Morgan fingerprint density at radius 1 is 0.649 bits per heavy atom. The van der Waals surface area contributed by atoms with Crippen molar-refractivity contribution in [2.75, 3.05) is 26.4 Å². The maximum absolute atomic E-state index is 14.7. The van der Waals surface area contributed by atoms with Gasteiger partial charge in [-0.1, -0.05) is 49.6 Å². The molecule has 0 aliphatic heterocycles. The van der Waals surface area contributed by atoms with Gasteiger partial charge in [-0.25, -0.2) is 9.59 Å². The maximum Gasteiger partial charge on any atom is 0.411 e. The van der Waals surface area contributed by atoms with Crippen LogP contribution in [0.15, 0.2) is 73.8 Å². The lowest BCUT2D eigenvalue weighted by atomic mass is 9.72. The molecule has 12 heteroatoms. The number of carbonyl (C=O) groups excluding carboxylic acids is 2. The van der Waals surface area contributed by atoms with Crippen molar-refractivity contribution in [3.63, 3.8) is 0 Å². The number of alkyl halides is 6. The van der Waals surface area contributed by atoms with Crippen LogP contribution in [0.25, 0.3) is 0 Å². The molecule has 0 spiro atoms. The minimum Gasteiger partial charge on any atom is -0.490 e. The zero-order valence-electron chi connectivity index (χ0n) is 19.2. The Morgan fingerprint density at radius 2 is 1.00 bits per heavy atom. The molecule has 2 aromatic carbocycles. The zero-order valence-corrected chi connectivity index (χ0v) is 19.2. The van der Waals surface area contributed by atoms with E-state index in [1.165, 1.54) is 12.1 Å². The molecule has 0 aliphatic carbocycles. The minimum atomic E-state index is -5.92. The average Bonchev–Trinajstić information content (AvgIpc) is 2.84. The zero-order chi connectivity index (χ0) is 27.7. The second kappa shape index (κ2) is 12.3. The number of rotatable bonds is 12. The molecule has 0 saturated heterocycles. The molecule has 2 aromatic rings. The topological polar surface area (TPSA) is 71.1 Å². The van der Waals surface area contributed by atoms with Crippen LogP contribution in [-0.4, -0.2) is 50.7 Å². The van der Waals surface area contributed by atoms with Crippen molar-refractivity contribution in [2.24, 2.45) is 0 Å². The van der Waals surface area contributed by atoms with Crippen molar-refractivity contribution in [3.05, 3.63) is 85.0 Å². The van der Waals surface area contributed by atoms with E-state index in [1.54, 1.807) is 0 Å². The van der Waals surface area contributed by atoms with Crippen LogP contribution in [0.4, 0.5) is 26.3 Å². The van der Waals surface area contributed by atoms with Crippen LogP contribution in [0.1, 0.15) is 11.1 Å². The normalized spacial score (nSPS) is 11.8. The van der Waals surface area contributed by atoms with E-state index in [0.717, 1.165) is 36.4 Å². The molecule has 0 aliphatic rings. The summed E-state index contributed by atoms with van der Waals surface area (Å²) in [5.41, 5.74) is -7.08. The smallest absolute Gasteiger partial charge is 0.411 e. The predicted molar refractivity (Wildman–Crippen MR) is 119 cm³/mol. The first kappa shape index (κ1) is 29.3. The predicted octanol–water partition coefficient (Wildman–Crippen LogP) is 5.31. The molecule has 0 fully saturated rings. The molecule has 0 aromatic heterocycles. The molecule has 6 nitrogen and oxygen atoms in total. The van der Waals surface area contributed by atoms with Crippen molar-refractivity contribution in [1.29, 1.82) is 0 Å². The van der Waals surface area contributed by atoms with Crippen LogP contribution in [0, 0.1) is 0 Å². The number of hydrogen-bond acceptors (Lipinski definition) is 6. The Morgan fingerprint density at radius 3 is 1.32 bits per heavy atom. The summed E-state index contributed by atoms with van der Waals surface area (Å²) in [5.74, 6) is -3.16. The van der Waals surface area contributed by atoms with E-state index in [0.29, 0.717) is 12.1 Å². The number of carbonyl (C=O) groups is 2. The lowest BCUT2D eigenvalue weighted by molar-refractivity contribution is -0.289. The Kier molecular flexibility index (Phi) is 9.75. The summed E-state index contributed by atoms with van der Waals surface area (Å²) in [5, 5.41) is 0. The summed E-state index contributed by atoms with van der Waals surface area (Å²) in [6.45, 7) is 4.38. The number of esters is 2. The van der Waals surface area contributed by atoms with Gasteiger partial charge in [-0.15, -0.1) is 0 Å². The van der Waals surface area contributed by atoms with Crippen molar-refractivity contribution in [3.8, 4) is 11.5 Å². The minimum absolute atomic E-state index is 0.451. The molecule has 200 valence electrons. The van der Waals surface area contributed by atoms with E-state index in [4.69, 9.17) is 9.47 Å². The maximum atomic E-state index is 14.7. The standard InChI is InChI=1S/C25H22F6O6/c1-3-21(32)36-15-13-34-19-11-7-5-9-17(19)23(24(26,27)28,25(29,30)31)18-10-6-8-12-20(18)35-14-16-37-22(33)4-2/h3-12H,1-2,13-16H2. The first-order valence-corrected chi connectivity index (χ1v) is 10.6. The van der Waals surface area contributed by atoms with Gasteiger partial charge in [0.15, 0.2) is 0 Å². The SMILES string of the molecule is C=CC(=O)OCCOc1ccccc1C(c1ccccc1OCCOC(=O)C=C)(C(F)(F)F)C(F)(F)F. The molecular weight excluding hydrogens is 510 g/mol. The van der Waals surface area contributed by atoms with Crippen LogP contribution in [0.5, 0.6) is 11.5 Å². The van der Waals surface area contributed by atoms with Gasteiger partial charge in [-0.05, 0) is 12.1 Å². The fourth-order valence-electron chi connectivity index (χ4n) is 3.43. The molecule has 0 unspecified atom stereocenters. The Labute approximate surface area is 208 Å². The van der Waals surface area contributed by atoms with Crippen LogP contribution in [-0.2, 0) is 24.5 Å². The van der Waals surface area contributed by atoms with Crippen LogP contribution < -0.4 is 9.47 Å². The fourth-order valence-corrected chi connectivity index (χ4v) is 3.43. The van der Waals surface area contributed by atoms with Crippen LogP contribution in [0.3, 0.4) is 0 Å². The molecule has 0 amide bonds. The summed E-state index contributed by atoms with van der Waals surface area (Å²) < 4.78 is 108. The van der Waals surface area contributed by atoms with Crippen molar-refractivity contribution < 1.29 is 54.9 Å². The monoisotopic (exact) mass is 532 g/mol. The first-order valence-electron chi connectivity index (χ1n) is 10.6. The highest BCUT2D eigenvalue weighted by atomic mass is 19.4. The van der Waals surface area contributed by atoms with Crippen molar-refractivity contribution in [1.82, 2.24) is 0 Å². The van der Waals surface area contributed by atoms with Gasteiger partial charge in [0.1, 0.15) is 37.9 Å². The second-order valence-corrected chi connectivity index (χ2v) is 7.18. The van der Waals surface area contributed by atoms with Gasteiger partial charge in [-0.3, -0.25) is 0 Å².